The topological polar surface area (TPSA) is 62.2 Å². The van der Waals surface area contributed by atoms with E-state index < -0.39 is 5.60 Å². The highest BCUT2D eigenvalue weighted by Crippen LogP contribution is 2.19. The summed E-state index contributed by atoms with van der Waals surface area (Å²) in [5.41, 5.74) is 3.48. The van der Waals surface area contributed by atoms with Crippen molar-refractivity contribution in [3.8, 4) is 0 Å². The van der Waals surface area contributed by atoms with Crippen molar-refractivity contribution in [3.63, 3.8) is 0 Å². The van der Waals surface area contributed by atoms with Crippen LogP contribution in [0.25, 0.3) is 10.2 Å². The maximum atomic E-state index is 12.3. The Morgan fingerprint density at radius 2 is 2.04 bits per heavy atom. The van der Waals surface area contributed by atoms with Gasteiger partial charge in [-0.05, 0) is 43.5 Å². The van der Waals surface area contributed by atoms with Crippen molar-refractivity contribution in [1.29, 1.82) is 0 Å². The summed E-state index contributed by atoms with van der Waals surface area (Å²) in [6, 6.07) is 15.5. The fourth-order valence-electron chi connectivity index (χ4n) is 2.52. The average Bonchev–Trinajstić information content (AvgIpc) is 3.07. The second kappa shape index (κ2) is 7.11. The Kier molecular flexibility index (Phi) is 4.92. The maximum absolute atomic E-state index is 12.3. The van der Waals surface area contributed by atoms with Gasteiger partial charge in [-0.3, -0.25) is 4.79 Å². The molecule has 124 valence electrons. The Balaban J connectivity index is 1.56. The van der Waals surface area contributed by atoms with Crippen molar-refractivity contribution in [2.45, 2.75) is 25.4 Å². The monoisotopic (exact) mass is 340 g/mol. The molecule has 1 heterocycles. The number of amides is 1. The molecule has 1 unspecified atom stereocenters. The lowest BCUT2D eigenvalue weighted by Crippen LogP contribution is -2.41. The molecule has 0 saturated heterocycles. The van der Waals surface area contributed by atoms with Crippen LogP contribution in [0.15, 0.2) is 54.0 Å². The fourth-order valence-corrected chi connectivity index (χ4v) is 3.23. The number of hydrogen-bond acceptors (Lipinski definition) is 4. The zero-order chi connectivity index (χ0) is 17.0. The van der Waals surface area contributed by atoms with E-state index in [9.17, 15) is 9.90 Å². The molecule has 1 aromatic heterocycles. The summed E-state index contributed by atoms with van der Waals surface area (Å²) in [6.07, 6.45) is 1.36. The van der Waals surface area contributed by atoms with Crippen LogP contribution in [0.4, 0.5) is 0 Å². The number of carbonyl (C=O) groups excluding carboxylic acids is 1. The molecule has 2 aromatic carbocycles. The van der Waals surface area contributed by atoms with Crippen LogP contribution < -0.4 is 5.32 Å². The molecule has 0 aliphatic heterocycles. The summed E-state index contributed by atoms with van der Waals surface area (Å²) in [4.78, 5) is 16.5. The van der Waals surface area contributed by atoms with Crippen LogP contribution in [-0.2, 0) is 6.42 Å². The summed E-state index contributed by atoms with van der Waals surface area (Å²) in [6.45, 7) is 1.97. The first-order valence-corrected chi connectivity index (χ1v) is 8.79. The van der Waals surface area contributed by atoms with Crippen LogP contribution in [0.1, 0.15) is 29.3 Å². The summed E-state index contributed by atoms with van der Waals surface area (Å²) >= 11 is 1.51. The molecule has 2 N–H and O–H groups in total. The summed E-state index contributed by atoms with van der Waals surface area (Å²) in [5, 5.41) is 13.3. The Hall–Kier alpha value is -2.24. The Bertz CT molecular complexity index is 828. The molecule has 0 saturated carbocycles. The number of nitrogens with one attached hydrogen (secondary N) is 1. The van der Waals surface area contributed by atoms with Crippen LogP contribution in [-0.4, -0.2) is 28.1 Å². The highest BCUT2D eigenvalue weighted by molar-refractivity contribution is 7.16. The second-order valence-electron chi connectivity index (χ2n) is 6.20. The molecule has 0 bridgehead atoms. The van der Waals surface area contributed by atoms with Gasteiger partial charge in [0.2, 0.25) is 0 Å². The number of fused-ring (bicyclic) bond motifs is 1. The SMILES string of the molecule is CC(O)(CCc1ccccc1)CNC(=O)c1ccc2ncsc2c1. The van der Waals surface area contributed by atoms with Crippen molar-refractivity contribution in [3.05, 3.63) is 65.2 Å². The molecular formula is C19H20N2O2S. The third-order valence-corrected chi connectivity index (χ3v) is 4.81. The van der Waals surface area contributed by atoms with E-state index >= 15 is 0 Å². The number of carbonyl (C=O) groups is 1. The highest BCUT2D eigenvalue weighted by Gasteiger charge is 2.21. The van der Waals surface area contributed by atoms with Crippen LogP contribution in [0.5, 0.6) is 0 Å². The van der Waals surface area contributed by atoms with Gasteiger partial charge < -0.3 is 10.4 Å². The summed E-state index contributed by atoms with van der Waals surface area (Å²) in [5.74, 6) is -0.176. The normalized spacial score (nSPS) is 13.6. The van der Waals surface area contributed by atoms with Crippen LogP contribution in [0, 0.1) is 0 Å². The van der Waals surface area contributed by atoms with Gasteiger partial charge in [0.15, 0.2) is 0 Å². The minimum absolute atomic E-state index is 0.176. The first kappa shape index (κ1) is 16.6. The van der Waals surface area contributed by atoms with E-state index in [1.54, 1.807) is 18.5 Å². The largest absolute Gasteiger partial charge is 0.388 e. The Morgan fingerprint density at radius 1 is 1.25 bits per heavy atom. The predicted molar refractivity (Wildman–Crippen MR) is 97.3 cm³/mol. The number of aromatic nitrogens is 1. The van der Waals surface area contributed by atoms with Gasteiger partial charge in [0.05, 0.1) is 21.3 Å². The van der Waals surface area contributed by atoms with Crippen molar-refractivity contribution in [1.82, 2.24) is 10.3 Å². The fraction of sp³-hybridized carbons (Fsp3) is 0.263. The maximum Gasteiger partial charge on any atom is 0.251 e. The molecule has 0 radical (unpaired) electrons. The molecule has 3 rings (SSSR count). The Labute approximate surface area is 145 Å². The molecule has 0 aliphatic rings. The molecule has 0 fully saturated rings. The smallest absolute Gasteiger partial charge is 0.251 e. The molecule has 1 amide bonds. The molecule has 1 atom stereocenters. The molecule has 24 heavy (non-hydrogen) atoms. The van der Waals surface area contributed by atoms with Gasteiger partial charge in [-0.1, -0.05) is 30.3 Å². The van der Waals surface area contributed by atoms with Gasteiger partial charge in [0, 0.05) is 12.1 Å². The second-order valence-corrected chi connectivity index (χ2v) is 7.09. The molecular weight excluding hydrogens is 320 g/mol. The number of nitrogens with zero attached hydrogens (tertiary/aromatic N) is 1. The number of aryl methyl sites for hydroxylation is 1. The summed E-state index contributed by atoms with van der Waals surface area (Å²) < 4.78 is 0.985. The first-order valence-electron chi connectivity index (χ1n) is 7.91. The third-order valence-electron chi connectivity index (χ3n) is 4.02. The van der Waals surface area contributed by atoms with Gasteiger partial charge >= 0.3 is 0 Å². The van der Waals surface area contributed by atoms with E-state index in [1.807, 2.05) is 42.5 Å². The van der Waals surface area contributed by atoms with Gasteiger partial charge in [-0.15, -0.1) is 11.3 Å². The van der Waals surface area contributed by atoms with Crippen LogP contribution in [0.3, 0.4) is 0 Å². The minimum Gasteiger partial charge on any atom is -0.388 e. The standard InChI is InChI=1S/C19H20N2O2S/c1-19(23,10-9-14-5-3-2-4-6-14)12-20-18(22)15-7-8-16-17(11-15)24-13-21-16/h2-8,11,13,23H,9-10,12H2,1H3,(H,20,22). The zero-order valence-corrected chi connectivity index (χ0v) is 14.3. The van der Waals surface area contributed by atoms with Gasteiger partial charge in [0.1, 0.15) is 0 Å². The molecule has 0 spiro atoms. The summed E-state index contributed by atoms with van der Waals surface area (Å²) in [7, 11) is 0. The van der Waals surface area contributed by atoms with E-state index in [2.05, 4.69) is 10.3 Å². The number of hydrogen-bond donors (Lipinski definition) is 2. The third kappa shape index (κ3) is 4.19. The van der Waals surface area contributed by atoms with E-state index in [-0.39, 0.29) is 12.5 Å². The van der Waals surface area contributed by atoms with Gasteiger partial charge in [-0.2, -0.15) is 0 Å². The lowest BCUT2D eigenvalue weighted by molar-refractivity contribution is 0.0478. The van der Waals surface area contributed by atoms with Gasteiger partial charge in [-0.25, -0.2) is 4.98 Å². The van der Waals surface area contributed by atoms with Crippen molar-refractivity contribution in [2.24, 2.45) is 0 Å². The van der Waals surface area contributed by atoms with Crippen LogP contribution in [0.2, 0.25) is 0 Å². The molecule has 0 aliphatic carbocycles. The molecule has 3 aromatic rings. The average molecular weight is 340 g/mol. The van der Waals surface area contributed by atoms with E-state index in [4.69, 9.17) is 0 Å². The number of aliphatic hydroxyl groups is 1. The number of benzene rings is 2. The van der Waals surface area contributed by atoms with E-state index in [1.165, 1.54) is 16.9 Å². The van der Waals surface area contributed by atoms with E-state index in [0.29, 0.717) is 12.0 Å². The zero-order valence-electron chi connectivity index (χ0n) is 13.5. The van der Waals surface area contributed by atoms with Crippen LogP contribution >= 0.6 is 11.3 Å². The number of rotatable bonds is 6. The predicted octanol–water partition coefficient (Wildman–Crippen LogP) is 3.41. The van der Waals surface area contributed by atoms with E-state index in [0.717, 1.165) is 16.6 Å². The molecule has 5 heteroatoms. The molecule has 4 nitrogen and oxygen atoms in total. The first-order chi connectivity index (χ1) is 11.5. The lowest BCUT2D eigenvalue weighted by atomic mass is 9.96. The highest BCUT2D eigenvalue weighted by atomic mass is 32.1. The Morgan fingerprint density at radius 3 is 2.83 bits per heavy atom. The minimum atomic E-state index is -0.944. The van der Waals surface area contributed by atoms with Gasteiger partial charge in [0.25, 0.3) is 5.91 Å². The van der Waals surface area contributed by atoms with Crippen molar-refractivity contribution >= 4 is 27.5 Å². The van der Waals surface area contributed by atoms with Crippen molar-refractivity contribution in [2.75, 3.05) is 6.54 Å². The quantitative estimate of drug-likeness (QED) is 0.723. The van der Waals surface area contributed by atoms with Crippen molar-refractivity contribution < 1.29 is 9.90 Å². The lowest BCUT2D eigenvalue weighted by Gasteiger charge is -2.23. The number of thiazole rings is 1.